The first kappa shape index (κ1) is 27.1. The van der Waals surface area contributed by atoms with Crippen LogP contribution in [0, 0.1) is 5.41 Å². The molecule has 0 bridgehead atoms. The Hall–Kier alpha value is -3.50. The lowest BCUT2D eigenvalue weighted by Gasteiger charge is -2.31. The van der Waals surface area contributed by atoms with Crippen LogP contribution in [0.15, 0.2) is 72.0 Å². The zero-order chi connectivity index (χ0) is 27.6. The van der Waals surface area contributed by atoms with Gasteiger partial charge in [-0.25, -0.2) is 13.1 Å². The van der Waals surface area contributed by atoms with E-state index in [4.69, 9.17) is 0 Å². The normalized spacial score (nSPS) is 19.6. The first-order valence-electron chi connectivity index (χ1n) is 13.4. The molecule has 0 saturated carbocycles. The van der Waals surface area contributed by atoms with Crippen LogP contribution in [0.2, 0.25) is 0 Å². The average molecular weight is 549 g/mol. The molecule has 9 nitrogen and oxygen atoms in total. The quantitative estimate of drug-likeness (QED) is 0.446. The first-order chi connectivity index (χ1) is 18.6. The number of amides is 1. The molecule has 39 heavy (non-hydrogen) atoms. The van der Waals surface area contributed by atoms with Crippen molar-refractivity contribution in [3.05, 3.63) is 89.5 Å². The Morgan fingerprint density at radius 3 is 2.69 bits per heavy atom. The second-order valence-electron chi connectivity index (χ2n) is 11.5. The van der Waals surface area contributed by atoms with Crippen molar-refractivity contribution in [2.75, 3.05) is 6.54 Å². The van der Waals surface area contributed by atoms with Crippen LogP contribution in [0.1, 0.15) is 62.0 Å². The number of benzene rings is 2. The summed E-state index contributed by atoms with van der Waals surface area (Å²) in [7, 11) is -3.91. The van der Waals surface area contributed by atoms with E-state index in [2.05, 4.69) is 59.9 Å². The molecule has 206 valence electrons. The van der Waals surface area contributed by atoms with Crippen molar-refractivity contribution in [1.82, 2.24) is 29.9 Å². The van der Waals surface area contributed by atoms with Gasteiger partial charge in [0.15, 0.2) is 0 Å². The molecule has 5 rings (SSSR count). The number of carbonyl (C=O) groups is 1. The minimum atomic E-state index is -3.91. The van der Waals surface area contributed by atoms with E-state index in [1.807, 2.05) is 10.9 Å². The number of nitrogens with zero attached hydrogens (tertiary/aromatic N) is 4. The van der Waals surface area contributed by atoms with Crippen molar-refractivity contribution < 1.29 is 13.2 Å². The molecule has 3 aromatic rings. The molecule has 2 N–H and O–H groups in total. The summed E-state index contributed by atoms with van der Waals surface area (Å²) in [6.07, 6.45) is 7.72. The number of rotatable bonds is 8. The third-order valence-electron chi connectivity index (χ3n) is 7.13. The average Bonchev–Trinajstić information content (AvgIpc) is 3.37. The number of fused-ring (bicyclic) bond motifs is 1. The van der Waals surface area contributed by atoms with Gasteiger partial charge in [-0.05, 0) is 53.5 Å². The maximum absolute atomic E-state index is 13.3. The molecule has 0 radical (unpaired) electrons. The SMILES string of the molecule is CC(C)(C)CNCc1ccc2c(c1)CCC[C@H]2n1cc(CC2C(=O)NC=CN2S(=O)(=O)c2ccccc2)nn1. The van der Waals surface area contributed by atoms with E-state index in [0.717, 1.165) is 36.7 Å². The summed E-state index contributed by atoms with van der Waals surface area (Å²) in [6.45, 7) is 8.46. The molecular weight excluding hydrogens is 512 g/mol. The molecule has 10 heteroatoms. The third kappa shape index (κ3) is 6.07. The van der Waals surface area contributed by atoms with E-state index in [9.17, 15) is 13.2 Å². The van der Waals surface area contributed by atoms with Crippen LogP contribution < -0.4 is 10.6 Å². The van der Waals surface area contributed by atoms with E-state index >= 15 is 0 Å². The van der Waals surface area contributed by atoms with Gasteiger partial charge in [-0.1, -0.05) is 62.4 Å². The van der Waals surface area contributed by atoms with E-state index in [0.29, 0.717) is 5.69 Å². The van der Waals surface area contributed by atoms with Gasteiger partial charge in [-0.15, -0.1) is 5.10 Å². The minimum absolute atomic E-state index is 0.0517. The van der Waals surface area contributed by atoms with Gasteiger partial charge in [0.25, 0.3) is 10.0 Å². The highest BCUT2D eigenvalue weighted by Crippen LogP contribution is 2.33. The number of hydrogen-bond donors (Lipinski definition) is 2. The molecule has 0 spiro atoms. The molecule has 1 aliphatic carbocycles. The maximum atomic E-state index is 13.3. The van der Waals surface area contributed by atoms with Crippen LogP contribution in [0.3, 0.4) is 0 Å². The van der Waals surface area contributed by atoms with Gasteiger partial charge in [0.1, 0.15) is 6.04 Å². The van der Waals surface area contributed by atoms with E-state index in [1.165, 1.54) is 41.2 Å². The Morgan fingerprint density at radius 1 is 1.13 bits per heavy atom. The van der Waals surface area contributed by atoms with Crippen LogP contribution in [0.4, 0.5) is 0 Å². The number of nitrogens with one attached hydrogen (secondary N) is 2. The van der Waals surface area contributed by atoms with Gasteiger partial charge in [0.05, 0.1) is 16.6 Å². The van der Waals surface area contributed by atoms with Crippen molar-refractivity contribution in [2.24, 2.45) is 5.41 Å². The minimum Gasteiger partial charge on any atom is -0.329 e. The Morgan fingerprint density at radius 2 is 1.92 bits per heavy atom. The molecule has 2 aromatic carbocycles. The largest absolute Gasteiger partial charge is 0.329 e. The van der Waals surface area contributed by atoms with Gasteiger partial charge in [-0.2, -0.15) is 0 Å². The summed E-state index contributed by atoms with van der Waals surface area (Å²) in [5, 5.41) is 14.9. The highest BCUT2D eigenvalue weighted by atomic mass is 32.2. The zero-order valence-corrected chi connectivity index (χ0v) is 23.5. The predicted molar refractivity (Wildman–Crippen MR) is 149 cm³/mol. The lowest BCUT2D eigenvalue weighted by molar-refractivity contribution is -0.124. The van der Waals surface area contributed by atoms with Gasteiger partial charge in [-0.3, -0.25) is 9.10 Å². The van der Waals surface area contributed by atoms with Crippen molar-refractivity contribution in [1.29, 1.82) is 0 Å². The lowest BCUT2D eigenvalue weighted by Crippen LogP contribution is -2.50. The zero-order valence-electron chi connectivity index (χ0n) is 22.7. The third-order valence-corrected chi connectivity index (χ3v) is 8.93. The van der Waals surface area contributed by atoms with E-state index in [1.54, 1.807) is 18.2 Å². The standard InChI is InChI=1S/C29H36N6O3S/c1-29(2,3)20-30-18-21-12-13-25-22(16-21)8-7-11-26(25)34-19-23(32-33-34)17-27-28(36)31-14-15-35(27)39(37,38)24-9-5-4-6-10-24/h4-6,9-10,12-16,19,26-27,30H,7-8,11,17-18,20H2,1-3H3,(H,31,36)/t26-,27?/m1/s1. The first-order valence-corrected chi connectivity index (χ1v) is 14.8. The molecule has 2 heterocycles. The number of hydrogen-bond acceptors (Lipinski definition) is 6. The molecule has 1 aromatic heterocycles. The maximum Gasteiger partial charge on any atom is 0.264 e. The van der Waals surface area contributed by atoms with Crippen molar-refractivity contribution in [3.8, 4) is 0 Å². The summed E-state index contributed by atoms with van der Waals surface area (Å²) in [4.78, 5) is 12.9. The molecule has 0 fully saturated rings. The highest BCUT2D eigenvalue weighted by molar-refractivity contribution is 7.89. The van der Waals surface area contributed by atoms with Crippen molar-refractivity contribution in [3.63, 3.8) is 0 Å². The molecule has 1 amide bonds. The van der Waals surface area contributed by atoms with Gasteiger partial charge in [0.2, 0.25) is 5.91 Å². The van der Waals surface area contributed by atoms with Crippen molar-refractivity contribution in [2.45, 2.75) is 70.0 Å². The monoisotopic (exact) mass is 548 g/mol. The molecular formula is C29H36N6O3S. The summed E-state index contributed by atoms with van der Waals surface area (Å²) < 4.78 is 29.6. The number of sulfonamides is 1. The molecule has 2 aliphatic rings. The number of aromatic nitrogens is 3. The fraction of sp³-hybridized carbons (Fsp3) is 0.414. The number of aryl methyl sites for hydroxylation is 1. The predicted octanol–water partition coefficient (Wildman–Crippen LogP) is 3.54. The second kappa shape index (κ2) is 10.9. The number of carbonyl (C=O) groups excluding carboxylic acids is 1. The second-order valence-corrected chi connectivity index (χ2v) is 13.3. The molecule has 0 saturated heterocycles. The van der Waals surface area contributed by atoms with Gasteiger partial charge < -0.3 is 10.6 Å². The van der Waals surface area contributed by atoms with E-state index < -0.39 is 22.0 Å². The van der Waals surface area contributed by atoms with E-state index in [-0.39, 0.29) is 22.8 Å². The fourth-order valence-electron chi connectivity index (χ4n) is 5.22. The van der Waals surface area contributed by atoms with Crippen LogP contribution >= 0.6 is 0 Å². The Labute approximate surface area is 230 Å². The smallest absolute Gasteiger partial charge is 0.264 e. The summed E-state index contributed by atoms with van der Waals surface area (Å²) in [5.41, 5.74) is 4.64. The molecule has 1 aliphatic heterocycles. The Bertz CT molecular complexity index is 1460. The van der Waals surface area contributed by atoms with Gasteiger partial charge >= 0.3 is 0 Å². The fourth-order valence-corrected chi connectivity index (χ4v) is 6.69. The summed E-state index contributed by atoms with van der Waals surface area (Å²) in [6, 6.07) is 13.9. The van der Waals surface area contributed by atoms with Crippen molar-refractivity contribution >= 4 is 15.9 Å². The summed E-state index contributed by atoms with van der Waals surface area (Å²) >= 11 is 0. The lowest BCUT2D eigenvalue weighted by atomic mass is 9.86. The Balaban J connectivity index is 1.33. The van der Waals surface area contributed by atoms with Crippen LogP contribution in [-0.4, -0.2) is 46.2 Å². The highest BCUT2D eigenvalue weighted by Gasteiger charge is 2.36. The summed E-state index contributed by atoms with van der Waals surface area (Å²) in [5.74, 6) is -0.401. The van der Waals surface area contributed by atoms with Crippen LogP contribution in [0.5, 0.6) is 0 Å². The van der Waals surface area contributed by atoms with Crippen LogP contribution in [0.25, 0.3) is 0 Å². The van der Waals surface area contributed by atoms with Gasteiger partial charge in [0, 0.05) is 38.1 Å². The Kier molecular flexibility index (Phi) is 7.59. The van der Waals surface area contributed by atoms with Crippen LogP contribution in [-0.2, 0) is 34.2 Å². The topological polar surface area (TPSA) is 109 Å². The molecule has 2 atom stereocenters. The molecule has 1 unspecified atom stereocenters.